The Bertz CT molecular complexity index is 143. The highest BCUT2D eigenvalue weighted by atomic mass is 15.1. The number of nitrogens with one attached hydrogen (secondary N) is 1. The topological polar surface area (TPSA) is 15.3 Å². The van der Waals surface area contributed by atoms with Crippen LogP contribution in [0.15, 0.2) is 0 Å². The van der Waals surface area contributed by atoms with Crippen molar-refractivity contribution in [1.29, 1.82) is 0 Å². The molecule has 2 nitrogen and oxygen atoms in total. The summed E-state index contributed by atoms with van der Waals surface area (Å²) in [6.45, 7) is 11.5. The normalized spacial score (nSPS) is 14.1. The van der Waals surface area contributed by atoms with Crippen molar-refractivity contribution in [2.24, 2.45) is 11.8 Å². The van der Waals surface area contributed by atoms with Gasteiger partial charge >= 0.3 is 0 Å². The fourth-order valence-electron chi connectivity index (χ4n) is 2.05. The van der Waals surface area contributed by atoms with E-state index in [2.05, 4.69) is 52.0 Å². The minimum Gasteiger partial charge on any atom is -0.313 e. The fraction of sp³-hybridized carbons (Fsp3) is 1.00. The van der Waals surface area contributed by atoms with Crippen LogP contribution in [0.4, 0.5) is 0 Å². The van der Waals surface area contributed by atoms with E-state index in [-0.39, 0.29) is 0 Å². The molecule has 98 valence electrons. The van der Waals surface area contributed by atoms with Gasteiger partial charge in [0.2, 0.25) is 0 Å². The van der Waals surface area contributed by atoms with Crippen LogP contribution in [-0.2, 0) is 0 Å². The second kappa shape index (κ2) is 9.00. The fourth-order valence-corrected chi connectivity index (χ4v) is 2.05. The molecule has 0 saturated heterocycles. The van der Waals surface area contributed by atoms with Gasteiger partial charge in [-0.2, -0.15) is 0 Å². The number of nitrogens with zero attached hydrogens (tertiary/aromatic N) is 1. The van der Waals surface area contributed by atoms with Gasteiger partial charge in [0.25, 0.3) is 0 Å². The highest BCUT2D eigenvalue weighted by molar-refractivity contribution is 4.71. The van der Waals surface area contributed by atoms with Crippen molar-refractivity contribution in [2.75, 3.05) is 27.2 Å². The summed E-state index contributed by atoms with van der Waals surface area (Å²) in [7, 11) is 4.31. The Morgan fingerprint density at radius 1 is 1.00 bits per heavy atom. The van der Waals surface area contributed by atoms with Gasteiger partial charge in [0.15, 0.2) is 0 Å². The first kappa shape index (κ1) is 15.9. The van der Waals surface area contributed by atoms with Crippen LogP contribution in [0.1, 0.15) is 47.0 Å². The summed E-state index contributed by atoms with van der Waals surface area (Å²) in [5, 5.41) is 3.70. The van der Waals surface area contributed by atoms with E-state index in [1.807, 2.05) is 0 Å². The molecule has 0 aromatic rings. The molecule has 0 aromatic heterocycles. The van der Waals surface area contributed by atoms with Crippen molar-refractivity contribution in [3.05, 3.63) is 0 Å². The maximum atomic E-state index is 3.70. The molecular formula is C14H32N2. The van der Waals surface area contributed by atoms with Gasteiger partial charge in [-0.1, -0.05) is 27.7 Å². The Balaban J connectivity index is 3.73. The van der Waals surface area contributed by atoms with Crippen molar-refractivity contribution in [3.63, 3.8) is 0 Å². The lowest BCUT2D eigenvalue weighted by Gasteiger charge is -2.24. The molecule has 0 fully saturated rings. The third kappa shape index (κ3) is 10.4. The average molecular weight is 228 g/mol. The average Bonchev–Trinajstić information content (AvgIpc) is 2.09. The number of rotatable bonds is 9. The largest absolute Gasteiger partial charge is 0.313 e. The highest BCUT2D eigenvalue weighted by Gasteiger charge is 2.10. The molecular weight excluding hydrogens is 196 g/mol. The van der Waals surface area contributed by atoms with E-state index < -0.39 is 0 Å². The van der Waals surface area contributed by atoms with Crippen molar-refractivity contribution in [1.82, 2.24) is 10.2 Å². The minimum atomic E-state index is 0.655. The highest BCUT2D eigenvalue weighted by Crippen LogP contribution is 2.07. The van der Waals surface area contributed by atoms with E-state index >= 15 is 0 Å². The maximum absolute atomic E-state index is 3.70. The standard InChI is InChI=1S/C14H32N2/c1-12(2)8-7-9-15-14(10-13(3)4)11-16(5)6/h12-15H,7-11H2,1-6H3. The van der Waals surface area contributed by atoms with Crippen LogP contribution < -0.4 is 5.32 Å². The Kier molecular flexibility index (Phi) is 8.96. The smallest absolute Gasteiger partial charge is 0.0197 e. The van der Waals surface area contributed by atoms with Gasteiger partial charge in [-0.05, 0) is 51.7 Å². The molecule has 0 bridgehead atoms. The molecule has 0 spiro atoms. The van der Waals surface area contributed by atoms with Crippen molar-refractivity contribution in [2.45, 2.75) is 53.0 Å². The SMILES string of the molecule is CC(C)CCCNC(CC(C)C)CN(C)C. The van der Waals surface area contributed by atoms with Gasteiger partial charge in [0.05, 0.1) is 0 Å². The van der Waals surface area contributed by atoms with Crippen LogP contribution >= 0.6 is 0 Å². The molecule has 0 aromatic carbocycles. The molecule has 1 N–H and O–H groups in total. The Morgan fingerprint density at radius 3 is 2.06 bits per heavy atom. The Morgan fingerprint density at radius 2 is 1.62 bits per heavy atom. The third-order valence-corrected chi connectivity index (χ3v) is 2.73. The number of hydrogen-bond acceptors (Lipinski definition) is 2. The van der Waals surface area contributed by atoms with Gasteiger partial charge in [-0.25, -0.2) is 0 Å². The van der Waals surface area contributed by atoms with E-state index in [0.717, 1.165) is 18.4 Å². The molecule has 0 aliphatic rings. The van der Waals surface area contributed by atoms with Crippen LogP contribution in [0.5, 0.6) is 0 Å². The zero-order valence-electron chi connectivity index (χ0n) is 12.2. The predicted octanol–water partition coefficient (Wildman–Crippen LogP) is 2.99. The van der Waals surface area contributed by atoms with Gasteiger partial charge < -0.3 is 10.2 Å². The lowest BCUT2D eigenvalue weighted by Crippen LogP contribution is -2.39. The van der Waals surface area contributed by atoms with Crippen LogP contribution in [-0.4, -0.2) is 38.1 Å². The van der Waals surface area contributed by atoms with E-state index in [1.165, 1.54) is 25.8 Å². The summed E-state index contributed by atoms with van der Waals surface area (Å²) in [5.74, 6) is 1.61. The van der Waals surface area contributed by atoms with Gasteiger partial charge in [-0.15, -0.1) is 0 Å². The molecule has 0 aliphatic carbocycles. The molecule has 0 rings (SSSR count). The van der Waals surface area contributed by atoms with E-state index in [9.17, 15) is 0 Å². The molecule has 1 atom stereocenters. The second-order valence-electron chi connectivity index (χ2n) is 6.08. The molecule has 0 aliphatic heterocycles. The zero-order valence-corrected chi connectivity index (χ0v) is 12.2. The van der Waals surface area contributed by atoms with E-state index in [4.69, 9.17) is 0 Å². The van der Waals surface area contributed by atoms with Gasteiger partial charge in [-0.3, -0.25) is 0 Å². The summed E-state index contributed by atoms with van der Waals surface area (Å²) in [4.78, 5) is 2.28. The predicted molar refractivity (Wildman–Crippen MR) is 73.9 cm³/mol. The van der Waals surface area contributed by atoms with Gasteiger partial charge in [0.1, 0.15) is 0 Å². The minimum absolute atomic E-state index is 0.655. The lowest BCUT2D eigenvalue weighted by atomic mass is 10.0. The number of likely N-dealkylation sites (N-methyl/N-ethyl adjacent to an activating group) is 1. The first-order valence-electron chi connectivity index (χ1n) is 6.80. The number of hydrogen-bond donors (Lipinski definition) is 1. The molecule has 0 amide bonds. The summed E-state index contributed by atoms with van der Waals surface area (Å²) in [6.07, 6.45) is 3.92. The van der Waals surface area contributed by atoms with Crippen molar-refractivity contribution < 1.29 is 0 Å². The van der Waals surface area contributed by atoms with Gasteiger partial charge in [0, 0.05) is 12.6 Å². The van der Waals surface area contributed by atoms with Crippen LogP contribution in [0.2, 0.25) is 0 Å². The zero-order chi connectivity index (χ0) is 12.6. The van der Waals surface area contributed by atoms with Crippen LogP contribution in [0, 0.1) is 11.8 Å². The summed E-state index contributed by atoms with van der Waals surface area (Å²) < 4.78 is 0. The molecule has 16 heavy (non-hydrogen) atoms. The first-order valence-corrected chi connectivity index (χ1v) is 6.80. The summed E-state index contributed by atoms with van der Waals surface area (Å²) in [5.41, 5.74) is 0. The molecule has 2 heteroatoms. The maximum Gasteiger partial charge on any atom is 0.0197 e. The lowest BCUT2D eigenvalue weighted by molar-refractivity contribution is 0.303. The van der Waals surface area contributed by atoms with Crippen molar-refractivity contribution >= 4 is 0 Å². The van der Waals surface area contributed by atoms with Crippen LogP contribution in [0.3, 0.4) is 0 Å². The first-order chi connectivity index (χ1) is 7.41. The summed E-state index contributed by atoms with van der Waals surface area (Å²) >= 11 is 0. The molecule has 0 heterocycles. The quantitative estimate of drug-likeness (QED) is 0.610. The Labute approximate surface area is 103 Å². The Hall–Kier alpha value is -0.0800. The summed E-state index contributed by atoms with van der Waals surface area (Å²) in [6, 6.07) is 0.655. The monoisotopic (exact) mass is 228 g/mol. The van der Waals surface area contributed by atoms with E-state index in [1.54, 1.807) is 0 Å². The molecule has 0 radical (unpaired) electrons. The molecule has 0 saturated carbocycles. The van der Waals surface area contributed by atoms with E-state index in [0.29, 0.717) is 6.04 Å². The second-order valence-corrected chi connectivity index (χ2v) is 6.08. The van der Waals surface area contributed by atoms with Crippen molar-refractivity contribution in [3.8, 4) is 0 Å². The molecule has 1 unspecified atom stereocenters. The van der Waals surface area contributed by atoms with Crippen LogP contribution in [0.25, 0.3) is 0 Å². The third-order valence-electron chi connectivity index (χ3n) is 2.73.